The maximum atomic E-state index is 12.7. The van der Waals surface area contributed by atoms with Crippen molar-refractivity contribution in [3.63, 3.8) is 0 Å². The molecule has 0 radical (unpaired) electrons. The number of anilines is 1. The van der Waals surface area contributed by atoms with Crippen molar-refractivity contribution < 1.29 is 14.3 Å². The Labute approximate surface area is 155 Å². The molecule has 1 aromatic carbocycles. The quantitative estimate of drug-likeness (QED) is 0.799. The number of hydrogen-bond donors (Lipinski definition) is 0. The van der Waals surface area contributed by atoms with Gasteiger partial charge in [0, 0.05) is 24.7 Å². The van der Waals surface area contributed by atoms with Crippen LogP contribution in [0.1, 0.15) is 5.56 Å². The molecule has 1 atom stereocenters. The lowest BCUT2D eigenvalue weighted by atomic mass is 10.2. The number of nitrogens with zero attached hydrogens (tertiary/aromatic N) is 3. The summed E-state index contributed by atoms with van der Waals surface area (Å²) in [6.45, 7) is 6.24. The van der Waals surface area contributed by atoms with E-state index >= 15 is 0 Å². The number of fused-ring (bicyclic) bond motifs is 1. The van der Waals surface area contributed by atoms with Crippen molar-refractivity contribution in [1.29, 1.82) is 0 Å². The summed E-state index contributed by atoms with van der Waals surface area (Å²) in [5, 5.41) is 1.65. The predicted octanol–water partition coefficient (Wildman–Crippen LogP) is 2.32. The van der Waals surface area contributed by atoms with Crippen LogP contribution in [0.25, 0.3) is 10.2 Å². The Bertz CT molecular complexity index is 791. The number of morpholine rings is 2. The smallest absolute Gasteiger partial charge is 0.253 e. The van der Waals surface area contributed by atoms with Crippen molar-refractivity contribution in [2.45, 2.75) is 13.0 Å². The second kappa shape index (κ2) is 7.07. The largest absolute Gasteiger partial charge is 0.378 e. The molecule has 2 aliphatic rings. The van der Waals surface area contributed by atoms with Crippen LogP contribution in [-0.4, -0.2) is 67.9 Å². The van der Waals surface area contributed by atoms with E-state index in [-0.39, 0.29) is 5.91 Å². The first-order valence-electron chi connectivity index (χ1n) is 8.42. The highest BCUT2D eigenvalue weighted by molar-refractivity contribution is 7.22. The minimum Gasteiger partial charge on any atom is -0.378 e. The SMILES string of the molecule is Cc1c(Cl)ccc2sc(N3CCOC(C(=O)N4CCOCC4)C3)nc12. The van der Waals surface area contributed by atoms with Gasteiger partial charge in [-0.2, -0.15) is 0 Å². The summed E-state index contributed by atoms with van der Waals surface area (Å²) in [4.78, 5) is 21.4. The first-order valence-corrected chi connectivity index (χ1v) is 9.61. The fourth-order valence-corrected chi connectivity index (χ4v) is 4.40. The highest BCUT2D eigenvalue weighted by Crippen LogP contribution is 2.34. The Hall–Kier alpha value is -1.41. The number of ether oxygens (including phenoxy) is 2. The summed E-state index contributed by atoms with van der Waals surface area (Å²) in [6.07, 6.45) is -0.441. The van der Waals surface area contributed by atoms with Gasteiger partial charge in [-0.25, -0.2) is 4.98 Å². The maximum absolute atomic E-state index is 12.7. The third-order valence-electron chi connectivity index (χ3n) is 4.67. The molecule has 2 saturated heterocycles. The van der Waals surface area contributed by atoms with E-state index in [1.165, 1.54) is 0 Å². The molecule has 134 valence electrons. The monoisotopic (exact) mass is 381 g/mol. The van der Waals surface area contributed by atoms with Crippen molar-refractivity contribution in [2.75, 3.05) is 50.9 Å². The molecule has 0 bridgehead atoms. The molecule has 8 heteroatoms. The zero-order valence-corrected chi connectivity index (χ0v) is 15.6. The van der Waals surface area contributed by atoms with Gasteiger partial charge in [0.1, 0.15) is 0 Å². The van der Waals surface area contributed by atoms with E-state index in [0.29, 0.717) is 39.5 Å². The molecule has 1 unspecified atom stereocenters. The van der Waals surface area contributed by atoms with Crippen LogP contribution < -0.4 is 4.90 Å². The Morgan fingerprint density at radius 1 is 1.28 bits per heavy atom. The van der Waals surface area contributed by atoms with E-state index in [1.807, 2.05) is 24.0 Å². The van der Waals surface area contributed by atoms with Crippen molar-refractivity contribution in [2.24, 2.45) is 0 Å². The van der Waals surface area contributed by atoms with Gasteiger partial charge < -0.3 is 19.3 Å². The van der Waals surface area contributed by atoms with E-state index in [4.69, 9.17) is 26.1 Å². The summed E-state index contributed by atoms with van der Waals surface area (Å²) in [5.74, 6) is 0.0494. The van der Waals surface area contributed by atoms with E-state index in [9.17, 15) is 4.79 Å². The average Bonchev–Trinajstić information content (AvgIpc) is 3.10. The number of halogens is 1. The number of benzene rings is 1. The molecule has 2 fully saturated rings. The van der Waals surface area contributed by atoms with Gasteiger partial charge in [0.2, 0.25) is 0 Å². The van der Waals surface area contributed by atoms with Gasteiger partial charge in [-0.15, -0.1) is 0 Å². The van der Waals surface area contributed by atoms with Crippen LogP contribution in [0.2, 0.25) is 5.02 Å². The van der Waals surface area contributed by atoms with Crippen LogP contribution in [0.4, 0.5) is 5.13 Å². The molecule has 0 N–H and O–H groups in total. The van der Waals surface area contributed by atoms with Crippen LogP contribution in [0.3, 0.4) is 0 Å². The van der Waals surface area contributed by atoms with Gasteiger partial charge >= 0.3 is 0 Å². The van der Waals surface area contributed by atoms with Crippen molar-refractivity contribution in [3.05, 3.63) is 22.7 Å². The van der Waals surface area contributed by atoms with Gasteiger partial charge in [0.05, 0.1) is 36.6 Å². The molecule has 25 heavy (non-hydrogen) atoms. The summed E-state index contributed by atoms with van der Waals surface area (Å²) in [6, 6.07) is 3.91. The molecule has 1 aromatic heterocycles. The lowest BCUT2D eigenvalue weighted by Crippen LogP contribution is -2.53. The van der Waals surface area contributed by atoms with E-state index < -0.39 is 6.10 Å². The Kier molecular flexibility index (Phi) is 4.82. The summed E-state index contributed by atoms with van der Waals surface area (Å²) in [7, 11) is 0. The third-order valence-corrected chi connectivity index (χ3v) is 6.16. The number of rotatable bonds is 2. The molecule has 0 saturated carbocycles. The second-order valence-corrected chi connectivity index (χ2v) is 7.67. The van der Waals surface area contributed by atoms with Crippen LogP contribution in [-0.2, 0) is 14.3 Å². The fourth-order valence-electron chi connectivity index (χ4n) is 3.18. The Morgan fingerprint density at radius 2 is 2.08 bits per heavy atom. The average molecular weight is 382 g/mol. The molecule has 2 aromatic rings. The molecule has 1 amide bonds. The topological polar surface area (TPSA) is 54.9 Å². The number of amides is 1. The van der Waals surface area contributed by atoms with E-state index in [2.05, 4.69) is 4.90 Å². The number of aryl methyl sites for hydroxylation is 1. The van der Waals surface area contributed by atoms with Crippen molar-refractivity contribution >= 4 is 44.2 Å². The molecular formula is C17H20ClN3O3S. The van der Waals surface area contributed by atoms with E-state index in [0.717, 1.165) is 32.5 Å². The van der Waals surface area contributed by atoms with Crippen molar-refractivity contribution in [3.8, 4) is 0 Å². The first kappa shape index (κ1) is 17.0. The maximum Gasteiger partial charge on any atom is 0.253 e. The molecule has 2 aliphatic heterocycles. The molecule has 3 heterocycles. The Balaban J connectivity index is 1.53. The van der Waals surface area contributed by atoms with E-state index in [1.54, 1.807) is 11.3 Å². The molecular weight excluding hydrogens is 362 g/mol. The van der Waals surface area contributed by atoms with Gasteiger partial charge in [-0.1, -0.05) is 22.9 Å². The standard InChI is InChI=1S/C17H20ClN3O3S/c1-11-12(18)2-3-14-15(11)19-17(25-14)21-6-9-24-13(10-21)16(22)20-4-7-23-8-5-20/h2-3,13H,4-10H2,1H3. The minimum absolute atomic E-state index is 0.0494. The highest BCUT2D eigenvalue weighted by Gasteiger charge is 2.32. The molecule has 4 rings (SSSR count). The number of aromatic nitrogens is 1. The summed E-state index contributed by atoms with van der Waals surface area (Å²) >= 11 is 7.84. The summed E-state index contributed by atoms with van der Waals surface area (Å²) < 4.78 is 12.2. The Morgan fingerprint density at radius 3 is 2.88 bits per heavy atom. The summed E-state index contributed by atoms with van der Waals surface area (Å²) in [5.41, 5.74) is 1.94. The zero-order chi connectivity index (χ0) is 17.4. The predicted molar refractivity (Wildman–Crippen MR) is 98.7 cm³/mol. The van der Waals surface area contributed by atoms with Crippen LogP contribution >= 0.6 is 22.9 Å². The number of thiazole rings is 1. The molecule has 0 aliphatic carbocycles. The number of hydrogen-bond acceptors (Lipinski definition) is 6. The minimum atomic E-state index is -0.441. The van der Waals surface area contributed by atoms with Crippen molar-refractivity contribution in [1.82, 2.24) is 9.88 Å². The van der Waals surface area contributed by atoms with Crippen LogP contribution in [0.15, 0.2) is 12.1 Å². The molecule has 0 spiro atoms. The second-order valence-electron chi connectivity index (χ2n) is 6.26. The first-order chi connectivity index (χ1) is 12.1. The molecule has 6 nitrogen and oxygen atoms in total. The van der Waals surface area contributed by atoms with Gasteiger partial charge in [0.15, 0.2) is 11.2 Å². The van der Waals surface area contributed by atoms with Gasteiger partial charge in [-0.3, -0.25) is 4.79 Å². The normalized spacial score (nSPS) is 21.8. The lowest BCUT2D eigenvalue weighted by Gasteiger charge is -2.36. The van der Waals surface area contributed by atoms with Crippen LogP contribution in [0, 0.1) is 6.92 Å². The highest BCUT2D eigenvalue weighted by atomic mass is 35.5. The lowest BCUT2D eigenvalue weighted by molar-refractivity contribution is -0.148. The number of carbonyl (C=O) groups excluding carboxylic acids is 1. The number of carbonyl (C=O) groups is 1. The zero-order valence-electron chi connectivity index (χ0n) is 14.0. The third kappa shape index (κ3) is 3.33. The van der Waals surface area contributed by atoms with Gasteiger partial charge in [-0.05, 0) is 24.6 Å². The van der Waals surface area contributed by atoms with Gasteiger partial charge in [0.25, 0.3) is 5.91 Å². The fraction of sp³-hybridized carbons (Fsp3) is 0.529. The van der Waals surface area contributed by atoms with Crippen LogP contribution in [0.5, 0.6) is 0 Å².